The van der Waals surface area contributed by atoms with Gasteiger partial charge in [-0.05, 0) is 45.2 Å². The first kappa shape index (κ1) is 18.9. The van der Waals surface area contributed by atoms with Crippen LogP contribution < -0.4 is 10.5 Å². The second-order valence-corrected chi connectivity index (χ2v) is 7.49. The molecule has 2 N–H and O–H groups in total. The number of likely N-dealkylation sites (tertiary alicyclic amines) is 1. The second-order valence-electron chi connectivity index (χ2n) is 7.49. The van der Waals surface area contributed by atoms with E-state index in [-0.39, 0.29) is 6.10 Å². The van der Waals surface area contributed by atoms with Crippen molar-refractivity contribution in [1.29, 1.82) is 0 Å². The van der Waals surface area contributed by atoms with Crippen LogP contribution in [-0.4, -0.2) is 43.7 Å². The minimum Gasteiger partial charge on any atom is -0.459 e. The molecule has 2 aromatic rings. The van der Waals surface area contributed by atoms with Crippen molar-refractivity contribution in [3.8, 4) is 6.01 Å². The Morgan fingerprint density at radius 3 is 2.73 bits per heavy atom. The molecule has 2 aromatic heterocycles. The Hall–Kier alpha value is -1.89. The summed E-state index contributed by atoms with van der Waals surface area (Å²) in [5, 5.41) is 4.54. The van der Waals surface area contributed by atoms with Gasteiger partial charge < -0.3 is 10.5 Å². The van der Waals surface area contributed by atoms with Gasteiger partial charge in [0.1, 0.15) is 0 Å². The summed E-state index contributed by atoms with van der Waals surface area (Å²) in [7, 11) is 0. The number of nitrogens with zero attached hydrogens (tertiary/aromatic N) is 5. The third kappa shape index (κ3) is 4.44. The molecule has 7 heteroatoms. The van der Waals surface area contributed by atoms with Gasteiger partial charge in [-0.3, -0.25) is 4.90 Å². The zero-order valence-electron chi connectivity index (χ0n) is 16.3. The van der Waals surface area contributed by atoms with Crippen LogP contribution in [0.4, 0.5) is 5.82 Å². The second kappa shape index (κ2) is 8.66. The summed E-state index contributed by atoms with van der Waals surface area (Å²) in [5.41, 5.74) is 7.72. The summed E-state index contributed by atoms with van der Waals surface area (Å²) in [5.74, 6) is 1.25. The first-order valence-corrected chi connectivity index (χ1v) is 9.99. The number of rotatable bonds is 8. The van der Waals surface area contributed by atoms with Gasteiger partial charge in [-0.15, -0.1) is 5.10 Å². The Balaban J connectivity index is 1.72. The Morgan fingerprint density at radius 2 is 2.04 bits per heavy atom. The highest BCUT2D eigenvalue weighted by Gasteiger charge is 2.21. The van der Waals surface area contributed by atoms with Crippen molar-refractivity contribution in [2.75, 3.05) is 18.8 Å². The summed E-state index contributed by atoms with van der Waals surface area (Å²) < 4.78 is 7.63. The number of ether oxygens (including phenoxy) is 1. The lowest BCUT2D eigenvalue weighted by Gasteiger charge is -2.31. The minimum atomic E-state index is 0.0708. The monoisotopic (exact) mass is 360 g/mol. The van der Waals surface area contributed by atoms with E-state index in [0.717, 1.165) is 44.1 Å². The fraction of sp³-hybridized carbons (Fsp3) is 0.737. The summed E-state index contributed by atoms with van der Waals surface area (Å²) >= 11 is 0. The molecule has 1 atom stereocenters. The number of nitrogens with two attached hydrogens (primary N) is 1. The van der Waals surface area contributed by atoms with E-state index in [4.69, 9.17) is 10.5 Å². The Kier molecular flexibility index (Phi) is 6.29. The number of hydrogen-bond donors (Lipinski definition) is 1. The predicted octanol–water partition coefficient (Wildman–Crippen LogP) is 3.29. The zero-order chi connectivity index (χ0) is 18.5. The molecule has 3 rings (SSSR count). The molecule has 26 heavy (non-hydrogen) atoms. The third-order valence-electron chi connectivity index (χ3n) is 5.23. The van der Waals surface area contributed by atoms with Crippen LogP contribution in [0.25, 0.3) is 5.65 Å². The van der Waals surface area contributed by atoms with Crippen molar-refractivity contribution in [2.24, 2.45) is 5.92 Å². The lowest BCUT2D eigenvalue weighted by Crippen LogP contribution is -2.33. The Labute approximate surface area is 155 Å². The standard InChI is InChI=1S/C19H32N6O/c1-4-6-14(3)26-19-22-17(20)18-21-12-16(25(18)23-19)13-24-10-8-15(7-5-2)9-11-24/h12,14-15H,4-11,13H2,1-3H3,(H2,20,22,23). The molecular formula is C19H32N6O. The molecule has 1 aliphatic heterocycles. The molecule has 1 unspecified atom stereocenters. The lowest BCUT2D eigenvalue weighted by atomic mass is 9.92. The van der Waals surface area contributed by atoms with Crippen LogP contribution in [0.3, 0.4) is 0 Å². The average Bonchev–Trinajstić information content (AvgIpc) is 3.00. The van der Waals surface area contributed by atoms with E-state index in [1.165, 1.54) is 25.7 Å². The molecule has 0 radical (unpaired) electrons. The highest BCUT2D eigenvalue weighted by Crippen LogP contribution is 2.23. The Bertz CT molecular complexity index is 707. The highest BCUT2D eigenvalue weighted by molar-refractivity contribution is 5.59. The average molecular weight is 361 g/mol. The number of anilines is 1. The molecule has 1 fully saturated rings. The lowest BCUT2D eigenvalue weighted by molar-refractivity contribution is 0.168. The maximum Gasteiger partial charge on any atom is 0.336 e. The molecule has 144 valence electrons. The molecule has 0 saturated carbocycles. The SMILES string of the molecule is CCCC1CCN(Cc2cnc3c(N)nc(OC(C)CCC)nn23)CC1. The van der Waals surface area contributed by atoms with E-state index in [1.54, 1.807) is 4.52 Å². The molecule has 0 spiro atoms. The normalized spacial score (nSPS) is 17.7. The molecule has 0 bridgehead atoms. The van der Waals surface area contributed by atoms with Gasteiger partial charge in [-0.1, -0.05) is 33.1 Å². The summed E-state index contributed by atoms with van der Waals surface area (Å²) in [6.07, 6.45) is 9.15. The molecule has 0 aliphatic carbocycles. The first-order chi connectivity index (χ1) is 12.6. The number of fused-ring (bicyclic) bond motifs is 1. The fourth-order valence-corrected chi connectivity index (χ4v) is 3.80. The van der Waals surface area contributed by atoms with Gasteiger partial charge in [0, 0.05) is 6.54 Å². The van der Waals surface area contributed by atoms with Crippen LogP contribution in [0.1, 0.15) is 65.0 Å². The van der Waals surface area contributed by atoms with Crippen LogP contribution in [-0.2, 0) is 6.54 Å². The van der Waals surface area contributed by atoms with Crippen molar-refractivity contribution in [3.63, 3.8) is 0 Å². The van der Waals surface area contributed by atoms with E-state index >= 15 is 0 Å². The van der Waals surface area contributed by atoms with Gasteiger partial charge in [0.05, 0.1) is 18.0 Å². The molecular weight excluding hydrogens is 328 g/mol. The molecule has 1 saturated heterocycles. The number of nitrogen functional groups attached to an aromatic ring is 1. The quantitative estimate of drug-likeness (QED) is 0.778. The van der Waals surface area contributed by atoms with E-state index < -0.39 is 0 Å². The van der Waals surface area contributed by atoms with E-state index in [2.05, 4.69) is 33.8 Å². The van der Waals surface area contributed by atoms with Crippen molar-refractivity contribution in [1.82, 2.24) is 24.5 Å². The van der Waals surface area contributed by atoms with Crippen molar-refractivity contribution in [2.45, 2.75) is 71.9 Å². The van der Waals surface area contributed by atoms with Gasteiger partial charge in [0.15, 0.2) is 11.5 Å². The van der Waals surface area contributed by atoms with Crippen LogP contribution >= 0.6 is 0 Å². The number of piperidine rings is 1. The number of imidazole rings is 1. The third-order valence-corrected chi connectivity index (χ3v) is 5.23. The fourth-order valence-electron chi connectivity index (χ4n) is 3.80. The van der Waals surface area contributed by atoms with Crippen molar-refractivity contribution < 1.29 is 4.74 Å². The molecule has 7 nitrogen and oxygen atoms in total. The first-order valence-electron chi connectivity index (χ1n) is 9.99. The van der Waals surface area contributed by atoms with Gasteiger partial charge in [0.25, 0.3) is 0 Å². The van der Waals surface area contributed by atoms with Gasteiger partial charge >= 0.3 is 6.01 Å². The number of aromatic nitrogens is 4. The molecule has 1 aliphatic rings. The van der Waals surface area contributed by atoms with Crippen LogP contribution in [0.15, 0.2) is 6.20 Å². The number of hydrogen-bond acceptors (Lipinski definition) is 6. The van der Waals surface area contributed by atoms with Crippen LogP contribution in [0.2, 0.25) is 0 Å². The van der Waals surface area contributed by atoms with Crippen LogP contribution in [0.5, 0.6) is 6.01 Å². The van der Waals surface area contributed by atoms with E-state index in [1.807, 2.05) is 13.1 Å². The zero-order valence-corrected chi connectivity index (χ0v) is 16.3. The van der Waals surface area contributed by atoms with Gasteiger partial charge in [-0.25, -0.2) is 9.50 Å². The van der Waals surface area contributed by atoms with E-state index in [0.29, 0.717) is 17.5 Å². The summed E-state index contributed by atoms with van der Waals surface area (Å²) in [4.78, 5) is 11.2. The molecule has 3 heterocycles. The predicted molar refractivity (Wildman–Crippen MR) is 103 cm³/mol. The highest BCUT2D eigenvalue weighted by atomic mass is 16.5. The van der Waals surface area contributed by atoms with Crippen molar-refractivity contribution >= 4 is 11.5 Å². The topological polar surface area (TPSA) is 81.6 Å². The largest absolute Gasteiger partial charge is 0.459 e. The molecule has 0 amide bonds. The van der Waals surface area contributed by atoms with Gasteiger partial charge in [0.2, 0.25) is 0 Å². The van der Waals surface area contributed by atoms with Crippen molar-refractivity contribution in [3.05, 3.63) is 11.9 Å². The van der Waals surface area contributed by atoms with E-state index in [9.17, 15) is 0 Å². The van der Waals surface area contributed by atoms with Crippen LogP contribution in [0, 0.1) is 5.92 Å². The summed E-state index contributed by atoms with van der Waals surface area (Å²) in [6, 6.07) is 0.330. The Morgan fingerprint density at radius 1 is 1.27 bits per heavy atom. The maximum atomic E-state index is 6.08. The minimum absolute atomic E-state index is 0.0708. The summed E-state index contributed by atoms with van der Waals surface area (Å²) in [6.45, 7) is 9.54. The smallest absolute Gasteiger partial charge is 0.336 e. The maximum absolute atomic E-state index is 6.08. The molecule has 0 aromatic carbocycles. The van der Waals surface area contributed by atoms with Gasteiger partial charge in [-0.2, -0.15) is 4.98 Å².